The van der Waals surface area contributed by atoms with Crippen LogP contribution in [0.4, 0.5) is 0 Å². The Kier molecular flexibility index (Phi) is 7.50. The first-order chi connectivity index (χ1) is 15.7. The van der Waals surface area contributed by atoms with Gasteiger partial charge < -0.3 is 0 Å². The van der Waals surface area contributed by atoms with Crippen molar-refractivity contribution < 1.29 is 17.2 Å². The average Bonchev–Trinajstić information content (AvgIpc) is 3.40. The number of aromatic nitrogens is 9. The zero-order chi connectivity index (χ0) is 25.1. The summed E-state index contributed by atoms with van der Waals surface area (Å²) in [6, 6.07) is 0. The number of hydrogen-bond donors (Lipinski definition) is 3. The lowest BCUT2D eigenvalue weighted by Crippen LogP contribution is -2.27. The van der Waals surface area contributed by atoms with Crippen LogP contribution in [0.3, 0.4) is 0 Å². The second kappa shape index (κ2) is 9.85. The van der Waals surface area contributed by atoms with Crippen LogP contribution in [0.15, 0.2) is 6.20 Å². The molecule has 15 heteroatoms. The quantitative estimate of drug-likeness (QED) is 0.342. The van der Waals surface area contributed by atoms with Gasteiger partial charge in [-0.3, -0.25) is 9.45 Å². The third-order valence-electron chi connectivity index (χ3n) is 4.93. The molecule has 0 aliphatic rings. The van der Waals surface area contributed by atoms with E-state index in [2.05, 4.69) is 91.8 Å². The molecule has 0 aliphatic carbocycles. The Morgan fingerprint density at radius 2 is 1.47 bits per heavy atom. The van der Waals surface area contributed by atoms with Crippen LogP contribution in [0.1, 0.15) is 70.0 Å². The smallest absolute Gasteiger partial charge is 0.285 e. The van der Waals surface area contributed by atoms with Crippen molar-refractivity contribution in [2.24, 2.45) is 0 Å². The van der Waals surface area contributed by atoms with Gasteiger partial charge in [-0.05, 0) is 0 Å². The van der Waals surface area contributed by atoms with Crippen LogP contribution in [0, 0.1) is 0 Å². The molecular weight excluding hydrogens is 464 g/mol. The van der Waals surface area contributed by atoms with Crippen molar-refractivity contribution in [1.82, 2.24) is 50.7 Å². The molecule has 3 N–H and O–H groups in total. The Morgan fingerprint density at radius 1 is 0.941 bits per heavy atom. The molecule has 0 spiro atoms. The third-order valence-corrected chi connectivity index (χ3v) is 5.40. The molecule has 188 valence electrons. The van der Waals surface area contributed by atoms with Crippen LogP contribution in [0.5, 0.6) is 0 Å². The third kappa shape index (κ3) is 7.12. The number of rotatable bonds is 10. The van der Waals surface area contributed by atoms with Crippen molar-refractivity contribution in [3.8, 4) is 0 Å². The first-order valence-corrected chi connectivity index (χ1v) is 12.1. The van der Waals surface area contributed by atoms with Crippen LogP contribution in [-0.4, -0.2) is 70.3 Å². The fourth-order valence-corrected chi connectivity index (χ4v) is 3.79. The molecular formula is C19H32N10O4S. The topological polar surface area (TPSA) is 181 Å². The largest absolute Gasteiger partial charge is 0.397 e. The van der Waals surface area contributed by atoms with Gasteiger partial charge in [0.15, 0.2) is 0 Å². The van der Waals surface area contributed by atoms with Gasteiger partial charge in [0, 0.05) is 36.7 Å². The summed E-state index contributed by atoms with van der Waals surface area (Å²) in [4.78, 5) is 2.11. The van der Waals surface area contributed by atoms with Crippen molar-refractivity contribution in [3.63, 3.8) is 0 Å². The predicted octanol–water partition coefficient (Wildman–Crippen LogP) is 1.13. The zero-order valence-electron chi connectivity index (χ0n) is 20.3. The number of aromatic amines is 2. The summed E-state index contributed by atoms with van der Waals surface area (Å²) < 4.78 is 35.9. The van der Waals surface area contributed by atoms with Gasteiger partial charge in [0.05, 0.1) is 30.2 Å². The van der Waals surface area contributed by atoms with Gasteiger partial charge in [-0.1, -0.05) is 46.8 Å². The molecule has 0 saturated heterocycles. The Morgan fingerprint density at radius 3 is 1.94 bits per heavy atom. The molecule has 0 amide bonds. The molecule has 0 bridgehead atoms. The fourth-order valence-electron chi connectivity index (χ4n) is 3.50. The number of nitrogens with one attached hydrogen (secondary N) is 2. The zero-order valence-corrected chi connectivity index (χ0v) is 21.1. The van der Waals surface area contributed by atoms with Crippen LogP contribution >= 0.6 is 0 Å². The lowest BCUT2D eigenvalue weighted by atomic mass is 9.90. The minimum Gasteiger partial charge on any atom is -0.285 e. The van der Waals surface area contributed by atoms with Gasteiger partial charge in [-0.15, -0.1) is 5.10 Å². The second-order valence-corrected chi connectivity index (χ2v) is 11.2. The van der Waals surface area contributed by atoms with E-state index in [1.54, 1.807) is 6.20 Å². The minimum absolute atomic E-state index is 0.113. The van der Waals surface area contributed by atoms with Gasteiger partial charge >= 0.3 is 10.4 Å². The predicted molar refractivity (Wildman–Crippen MR) is 121 cm³/mol. The second-order valence-electron chi connectivity index (χ2n) is 10.1. The number of nitrogens with zero attached hydrogens (tertiary/aromatic N) is 8. The summed E-state index contributed by atoms with van der Waals surface area (Å²) in [7, 11) is -4.50. The van der Waals surface area contributed by atoms with Crippen LogP contribution in [0.2, 0.25) is 0 Å². The van der Waals surface area contributed by atoms with E-state index in [0.29, 0.717) is 25.3 Å². The molecule has 3 aromatic rings. The van der Waals surface area contributed by atoms with Crippen LogP contribution in [-0.2, 0) is 51.6 Å². The Balaban J connectivity index is 1.80. The van der Waals surface area contributed by atoms with Gasteiger partial charge in [-0.2, -0.15) is 39.2 Å². The summed E-state index contributed by atoms with van der Waals surface area (Å²) in [6.07, 6.45) is 1.70. The van der Waals surface area contributed by atoms with Gasteiger partial charge in [0.1, 0.15) is 11.4 Å². The lowest BCUT2D eigenvalue weighted by Gasteiger charge is -2.24. The van der Waals surface area contributed by atoms with Crippen LogP contribution < -0.4 is 0 Å². The standard InChI is InChI=1S/C19H32N10O4S/c1-18(2,3)16-14(21-25-23-16)11-28(12-15-17(19(4,5)6)24-26-22-15)9-13-10-29(27-20-13)7-8-33-34(30,31)32/h10H,7-9,11-12H2,1-6H3,(H,21,23,25)(H,22,24,26)(H,30,31,32). The SMILES string of the molecule is CC(C)(C)c1n[nH]nc1CN(Cc1cn(CCOS(=O)(=O)O)nn1)Cc1n[nH]nc1C(C)(C)C. The van der Waals surface area contributed by atoms with E-state index in [1.165, 1.54) is 4.68 Å². The summed E-state index contributed by atoms with van der Waals surface area (Å²) >= 11 is 0. The molecule has 0 unspecified atom stereocenters. The minimum atomic E-state index is -4.50. The summed E-state index contributed by atoms with van der Waals surface area (Å²) in [5.74, 6) is 0. The lowest BCUT2D eigenvalue weighted by molar-refractivity contribution is 0.235. The Labute approximate surface area is 198 Å². The van der Waals surface area contributed by atoms with Crippen molar-refractivity contribution >= 4 is 10.4 Å². The van der Waals surface area contributed by atoms with Gasteiger partial charge in [-0.25, -0.2) is 8.86 Å². The van der Waals surface area contributed by atoms with Crippen molar-refractivity contribution in [1.29, 1.82) is 0 Å². The monoisotopic (exact) mass is 496 g/mol. The molecule has 14 nitrogen and oxygen atoms in total. The van der Waals surface area contributed by atoms with Crippen molar-refractivity contribution in [2.75, 3.05) is 6.61 Å². The highest BCUT2D eigenvalue weighted by atomic mass is 32.3. The maximum atomic E-state index is 10.7. The first kappa shape index (κ1) is 25.9. The normalized spacial score (nSPS) is 13.2. The highest BCUT2D eigenvalue weighted by molar-refractivity contribution is 7.80. The van der Waals surface area contributed by atoms with Crippen molar-refractivity contribution in [3.05, 3.63) is 34.7 Å². The highest BCUT2D eigenvalue weighted by Crippen LogP contribution is 2.26. The summed E-state index contributed by atoms with van der Waals surface area (Å²) in [5, 5.41) is 31.1. The number of hydrogen-bond acceptors (Lipinski definition) is 10. The van der Waals surface area contributed by atoms with Crippen molar-refractivity contribution in [2.45, 2.75) is 78.6 Å². The van der Waals surface area contributed by atoms with E-state index in [9.17, 15) is 8.42 Å². The van der Waals surface area contributed by atoms with E-state index in [4.69, 9.17) is 4.55 Å². The van der Waals surface area contributed by atoms with E-state index < -0.39 is 10.4 Å². The molecule has 0 aliphatic heterocycles. The summed E-state index contributed by atoms with van der Waals surface area (Å²) in [6.45, 7) is 13.7. The molecule has 0 aromatic carbocycles. The van der Waals surface area contributed by atoms with Gasteiger partial charge in [0.25, 0.3) is 0 Å². The molecule has 34 heavy (non-hydrogen) atoms. The van der Waals surface area contributed by atoms with E-state index >= 15 is 0 Å². The first-order valence-electron chi connectivity index (χ1n) is 10.8. The molecule has 0 atom stereocenters. The maximum absolute atomic E-state index is 10.7. The van der Waals surface area contributed by atoms with E-state index in [1.807, 2.05) is 0 Å². The molecule has 3 heterocycles. The molecule has 3 aromatic heterocycles. The molecule has 3 rings (SSSR count). The van der Waals surface area contributed by atoms with Gasteiger partial charge in [0.2, 0.25) is 0 Å². The highest BCUT2D eigenvalue weighted by Gasteiger charge is 2.27. The Bertz CT molecular complexity index is 1130. The van der Waals surface area contributed by atoms with E-state index in [0.717, 1.165) is 22.8 Å². The van der Waals surface area contributed by atoms with E-state index in [-0.39, 0.29) is 24.0 Å². The van der Waals surface area contributed by atoms with Crippen LogP contribution in [0.25, 0.3) is 0 Å². The summed E-state index contributed by atoms with van der Waals surface area (Å²) in [5.41, 5.74) is 3.68. The Hall–Kier alpha value is -2.75. The number of H-pyrrole nitrogens is 2. The average molecular weight is 497 g/mol. The molecule has 0 fully saturated rings. The fraction of sp³-hybridized carbons (Fsp3) is 0.684. The molecule has 0 radical (unpaired) electrons. The maximum Gasteiger partial charge on any atom is 0.397 e. The molecule has 0 saturated carbocycles.